The average molecular weight is 428 g/mol. The Kier molecular flexibility index (Phi) is 5.60. The lowest BCUT2D eigenvalue weighted by molar-refractivity contribution is 0.384. The van der Waals surface area contributed by atoms with E-state index in [2.05, 4.69) is 19.9 Å². The Balaban J connectivity index is 0.00000272. The molecule has 1 aromatic carbocycles. The fourth-order valence-corrected chi connectivity index (χ4v) is 4.45. The van der Waals surface area contributed by atoms with Gasteiger partial charge < -0.3 is 10.6 Å². The van der Waals surface area contributed by atoms with Crippen LogP contribution in [0.5, 0.6) is 0 Å². The number of rotatable bonds is 5. The first kappa shape index (κ1) is 20.2. The summed E-state index contributed by atoms with van der Waals surface area (Å²) in [6.45, 7) is 3.57. The number of anilines is 2. The maximum absolute atomic E-state index is 12.1. The minimum atomic E-state index is -3.18. The molecule has 0 radical (unpaired) electrons. The van der Waals surface area contributed by atoms with Gasteiger partial charge in [0.25, 0.3) is 0 Å². The molecule has 0 bridgehead atoms. The molecular weight excluding hydrogens is 402 g/mol. The van der Waals surface area contributed by atoms with E-state index in [1.807, 2.05) is 41.3 Å². The van der Waals surface area contributed by atoms with Crippen LogP contribution in [-0.2, 0) is 10.0 Å². The Hall–Kier alpha value is -3.11. The summed E-state index contributed by atoms with van der Waals surface area (Å²) in [5.74, 6) is 1.03. The number of nitrogens with two attached hydrogens (primary N) is 1. The van der Waals surface area contributed by atoms with Gasteiger partial charge in [0.15, 0.2) is 5.82 Å². The van der Waals surface area contributed by atoms with Crippen molar-refractivity contribution in [1.29, 1.82) is 0 Å². The predicted molar refractivity (Wildman–Crippen MR) is 118 cm³/mol. The van der Waals surface area contributed by atoms with Crippen LogP contribution in [0.15, 0.2) is 48.9 Å². The third-order valence-electron chi connectivity index (χ3n) is 5.09. The first-order valence-electron chi connectivity index (χ1n) is 9.71. The molecule has 158 valence electrons. The molecule has 0 spiro atoms. The van der Waals surface area contributed by atoms with Crippen molar-refractivity contribution < 1.29 is 9.84 Å². The Labute approximate surface area is 177 Å². The van der Waals surface area contributed by atoms with Crippen molar-refractivity contribution >= 4 is 21.7 Å². The van der Waals surface area contributed by atoms with Gasteiger partial charge in [0.1, 0.15) is 17.8 Å². The van der Waals surface area contributed by atoms with Crippen molar-refractivity contribution in [3.05, 3.63) is 48.9 Å². The molecule has 0 aliphatic carbocycles. The largest absolute Gasteiger partial charge is 0.382 e. The van der Waals surface area contributed by atoms with E-state index < -0.39 is 10.0 Å². The molecule has 10 heteroatoms. The van der Waals surface area contributed by atoms with Gasteiger partial charge in [-0.2, -0.15) is 4.31 Å². The molecule has 2 aromatic heterocycles. The number of hydrogen-bond donors (Lipinski definition) is 1. The lowest BCUT2D eigenvalue weighted by atomic mass is 10.1. The normalized spacial score (nSPS) is 15.3. The lowest BCUT2D eigenvalue weighted by Crippen LogP contribution is -2.49. The highest BCUT2D eigenvalue weighted by Crippen LogP contribution is 2.26. The van der Waals surface area contributed by atoms with E-state index in [1.165, 1.54) is 10.6 Å². The van der Waals surface area contributed by atoms with Gasteiger partial charge >= 0.3 is 0 Å². The second-order valence-electron chi connectivity index (χ2n) is 6.90. The lowest BCUT2D eigenvalue weighted by Gasteiger charge is -2.34. The summed E-state index contributed by atoms with van der Waals surface area (Å²) in [5, 5.41) is 0. The van der Waals surface area contributed by atoms with Crippen LogP contribution < -0.4 is 10.6 Å². The van der Waals surface area contributed by atoms with Gasteiger partial charge in [-0.25, -0.2) is 28.4 Å². The molecule has 4 rings (SSSR count). The van der Waals surface area contributed by atoms with Crippen LogP contribution in [0, 0.1) is 0 Å². The van der Waals surface area contributed by atoms with E-state index in [4.69, 9.17) is 5.73 Å². The summed E-state index contributed by atoms with van der Waals surface area (Å²) in [5.41, 5.74) is 8.90. The number of piperazine rings is 1. The van der Waals surface area contributed by atoms with Crippen LogP contribution in [0.4, 0.5) is 11.6 Å². The first-order chi connectivity index (χ1) is 14.5. The van der Waals surface area contributed by atoms with Crippen molar-refractivity contribution in [2.45, 2.75) is 6.92 Å². The zero-order valence-electron chi connectivity index (χ0n) is 16.6. The number of sulfonamides is 1. The molecule has 3 heterocycles. The molecule has 0 amide bonds. The zero-order chi connectivity index (χ0) is 21.1. The maximum atomic E-state index is 12.1. The fraction of sp³-hybridized carbons (Fsp3) is 0.300. The van der Waals surface area contributed by atoms with Crippen molar-refractivity contribution in [1.82, 2.24) is 24.2 Å². The highest BCUT2D eigenvalue weighted by Gasteiger charge is 2.26. The van der Waals surface area contributed by atoms with Crippen LogP contribution in [-0.4, -0.2) is 64.6 Å². The predicted octanol–water partition coefficient (Wildman–Crippen LogP) is 1.90. The van der Waals surface area contributed by atoms with E-state index in [-0.39, 0.29) is 13.0 Å². The molecular formula is C20H25N7O2S. The third-order valence-corrected chi connectivity index (χ3v) is 6.97. The van der Waals surface area contributed by atoms with E-state index >= 15 is 0 Å². The number of nitrogens with zero attached hydrogens (tertiary/aromatic N) is 6. The molecule has 1 saturated heterocycles. The summed E-state index contributed by atoms with van der Waals surface area (Å²) in [6, 6.07) is 11.6. The van der Waals surface area contributed by atoms with Gasteiger partial charge in [0.2, 0.25) is 10.0 Å². The van der Waals surface area contributed by atoms with E-state index in [0.717, 1.165) is 11.3 Å². The topological polar surface area (TPSA) is 118 Å². The number of aromatic nitrogens is 4. The molecule has 1 fully saturated rings. The maximum Gasteiger partial charge on any atom is 0.213 e. The molecule has 0 unspecified atom stereocenters. The molecule has 1 aliphatic heterocycles. The Morgan fingerprint density at radius 2 is 1.73 bits per heavy atom. The third kappa shape index (κ3) is 4.10. The van der Waals surface area contributed by atoms with E-state index in [9.17, 15) is 8.42 Å². The smallest absolute Gasteiger partial charge is 0.213 e. The number of nitrogen functional groups attached to an aromatic ring is 1. The second-order valence-corrected chi connectivity index (χ2v) is 9.16. The van der Waals surface area contributed by atoms with Crippen LogP contribution in [0.2, 0.25) is 0 Å². The minimum absolute atomic E-state index is 0. The summed E-state index contributed by atoms with van der Waals surface area (Å²) in [6.07, 6.45) is 3.10. The number of benzene rings is 1. The summed E-state index contributed by atoms with van der Waals surface area (Å²) in [7, 11) is -3.18. The molecule has 3 aromatic rings. The summed E-state index contributed by atoms with van der Waals surface area (Å²) >= 11 is 0. The quantitative estimate of drug-likeness (QED) is 0.656. The Morgan fingerprint density at radius 3 is 2.43 bits per heavy atom. The van der Waals surface area contributed by atoms with Gasteiger partial charge in [-0.3, -0.25) is 0 Å². The van der Waals surface area contributed by atoms with Gasteiger partial charge in [-0.05, 0) is 13.0 Å². The summed E-state index contributed by atoms with van der Waals surface area (Å²) in [4.78, 5) is 19.7. The van der Waals surface area contributed by atoms with Crippen LogP contribution in [0.1, 0.15) is 8.35 Å². The van der Waals surface area contributed by atoms with Crippen LogP contribution >= 0.6 is 0 Å². The van der Waals surface area contributed by atoms with Gasteiger partial charge in [-0.15, -0.1) is 0 Å². The fourth-order valence-electron chi connectivity index (χ4n) is 3.36. The number of hydrogen-bond acceptors (Lipinski definition) is 8. The van der Waals surface area contributed by atoms with Crippen molar-refractivity contribution in [3.63, 3.8) is 0 Å². The first-order valence-corrected chi connectivity index (χ1v) is 11.3. The Morgan fingerprint density at radius 1 is 1.03 bits per heavy atom. The van der Waals surface area contributed by atoms with Crippen LogP contribution in [0.3, 0.4) is 0 Å². The molecule has 30 heavy (non-hydrogen) atoms. The van der Waals surface area contributed by atoms with Gasteiger partial charge in [-0.1, -0.05) is 30.3 Å². The molecule has 1 aliphatic rings. The van der Waals surface area contributed by atoms with Crippen LogP contribution in [0.25, 0.3) is 22.6 Å². The van der Waals surface area contributed by atoms with Crippen molar-refractivity contribution in [2.24, 2.45) is 0 Å². The van der Waals surface area contributed by atoms with Gasteiger partial charge in [0, 0.05) is 33.2 Å². The minimum Gasteiger partial charge on any atom is -0.382 e. The van der Waals surface area contributed by atoms with Crippen molar-refractivity contribution in [2.75, 3.05) is 42.6 Å². The highest BCUT2D eigenvalue weighted by atomic mass is 32.2. The van der Waals surface area contributed by atoms with Gasteiger partial charge in [0.05, 0.1) is 23.3 Å². The molecule has 9 nitrogen and oxygen atoms in total. The molecule has 0 atom stereocenters. The highest BCUT2D eigenvalue weighted by molar-refractivity contribution is 7.89. The standard InChI is InChI=1S/C20H23N7O2S.H2/c1-2-30(28,29)27-10-8-26(9-11-27)18-13-22-20(21)19(25-18)17-12-16(23-14-24-17)15-6-4-3-5-7-15;/h3-7,12-14H,2,8-11H2,1H3,(H2,21,22);1H. The molecule has 2 N–H and O–H groups in total. The second kappa shape index (κ2) is 8.33. The monoisotopic (exact) mass is 427 g/mol. The van der Waals surface area contributed by atoms with E-state index in [0.29, 0.717) is 43.4 Å². The summed E-state index contributed by atoms with van der Waals surface area (Å²) < 4.78 is 25.7. The van der Waals surface area contributed by atoms with Crippen molar-refractivity contribution in [3.8, 4) is 22.6 Å². The SMILES string of the molecule is CCS(=O)(=O)N1CCN(c2cnc(N)c(-c3cc(-c4ccccc4)ncn3)n2)CC1.[HH]. The Bertz CT molecular complexity index is 1140. The zero-order valence-corrected chi connectivity index (χ0v) is 17.5. The molecule has 0 saturated carbocycles. The average Bonchev–Trinajstić information content (AvgIpc) is 2.80. The van der Waals surface area contributed by atoms with E-state index in [1.54, 1.807) is 13.1 Å².